The van der Waals surface area contributed by atoms with Gasteiger partial charge in [-0.15, -0.1) is 0 Å². The molecule has 0 saturated carbocycles. The Labute approximate surface area is 120 Å². The molecule has 2 nitrogen and oxygen atoms in total. The van der Waals surface area contributed by atoms with Crippen molar-refractivity contribution in [2.75, 3.05) is 0 Å². The van der Waals surface area contributed by atoms with Crippen LogP contribution in [0.3, 0.4) is 0 Å². The van der Waals surface area contributed by atoms with E-state index in [1.165, 1.54) is 24.3 Å². The molecule has 0 aromatic heterocycles. The minimum Gasteiger partial charge on any atom is -0.293 e. The summed E-state index contributed by atoms with van der Waals surface area (Å²) in [5.41, 5.74) is 1.47. The second kappa shape index (κ2) is 3.85. The number of ketones is 1. The fourth-order valence-corrected chi connectivity index (χ4v) is 3.45. The Hall–Kier alpha value is -2.36. The molecule has 1 heterocycles. The molecule has 0 N–H and O–H groups in total. The number of fused-ring (bicyclic) bond motifs is 3. The lowest BCUT2D eigenvalue weighted by molar-refractivity contribution is 0.0946. The molecule has 0 saturated heterocycles. The maximum Gasteiger partial charge on any atom is 0.179 e. The predicted molar refractivity (Wildman–Crippen MR) is 75.3 cm³/mol. The van der Waals surface area contributed by atoms with E-state index in [4.69, 9.17) is 0 Å². The molecule has 0 radical (unpaired) electrons. The summed E-state index contributed by atoms with van der Waals surface area (Å²) in [6, 6.07) is 8.73. The average molecular weight is 283 g/mol. The number of aliphatic imine (C=N–C) groups is 1. The highest BCUT2D eigenvalue weighted by molar-refractivity contribution is 6.26. The quantitative estimate of drug-likeness (QED) is 0.724. The zero-order valence-electron chi connectivity index (χ0n) is 11.3. The van der Waals surface area contributed by atoms with Crippen LogP contribution >= 0.6 is 0 Å². The molecule has 4 rings (SSSR count). The normalized spacial score (nSPS) is 22.4. The highest BCUT2D eigenvalue weighted by Gasteiger charge is 2.53. The topological polar surface area (TPSA) is 29.4 Å². The summed E-state index contributed by atoms with van der Waals surface area (Å²) in [5, 5.41) is 0. The van der Waals surface area contributed by atoms with E-state index in [0.717, 1.165) is 0 Å². The van der Waals surface area contributed by atoms with Crippen molar-refractivity contribution in [3.63, 3.8) is 0 Å². The van der Waals surface area contributed by atoms with Gasteiger partial charge in [-0.3, -0.25) is 9.79 Å². The Morgan fingerprint density at radius 2 is 2.00 bits per heavy atom. The summed E-state index contributed by atoms with van der Waals surface area (Å²) in [7, 11) is 0. The van der Waals surface area contributed by atoms with Gasteiger partial charge in [0.1, 0.15) is 17.0 Å². The van der Waals surface area contributed by atoms with E-state index in [0.29, 0.717) is 28.1 Å². The number of hydrogen-bond acceptors (Lipinski definition) is 2. The average Bonchev–Trinajstić information content (AvgIpc) is 2.91. The molecule has 2 aromatic rings. The first-order chi connectivity index (χ1) is 10.0. The number of carbonyl (C=O) groups is 1. The van der Waals surface area contributed by atoms with Crippen molar-refractivity contribution in [1.29, 1.82) is 0 Å². The monoisotopic (exact) mass is 283 g/mol. The SMILES string of the molecule is CC1=Nc2ccc(F)cc2C12Cc1c(F)cccc1C2=O. The van der Waals surface area contributed by atoms with E-state index in [9.17, 15) is 13.6 Å². The van der Waals surface area contributed by atoms with Crippen molar-refractivity contribution in [2.24, 2.45) is 4.99 Å². The summed E-state index contributed by atoms with van der Waals surface area (Å²) in [6.07, 6.45) is 0.208. The van der Waals surface area contributed by atoms with Crippen LogP contribution in [-0.4, -0.2) is 11.5 Å². The van der Waals surface area contributed by atoms with Gasteiger partial charge in [0.05, 0.1) is 5.69 Å². The van der Waals surface area contributed by atoms with Crippen LogP contribution in [0.25, 0.3) is 0 Å². The van der Waals surface area contributed by atoms with Crippen molar-refractivity contribution >= 4 is 17.2 Å². The number of rotatable bonds is 0. The van der Waals surface area contributed by atoms with Gasteiger partial charge in [0.25, 0.3) is 0 Å². The van der Waals surface area contributed by atoms with Crippen LogP contribution in [0.5, 0.6) is 0 Å². The van der Waals surface area contributed by atoms with Gasteiger partial charge < -0.3 is 0 Å². The Morgan fingerprint density at radius 1 is 1.19 bits per heavy atom. The molecule has 0 amide bonds. The van der Waals surface area contributed by atoms with E-state index in [2.05, 4.69) is 4.99 Å². The lowest BCUT2D eigenvalue weighted by Crippen LogP contribution is -2.38. The fourth-order valence-electron chi connectivity index (χ4n) is 3.45. The fraction of sp³-hybridized carbons (Fsp3) is 0.176. The number of nitrogens with zero attached hydrogens (tertiary/aromatic N) is 1. The van der Waals surface area contributed by atoms with Crippen molar-refractivity contribution in [3.8, 4) is 0 Å². The van der Waals surface area contributed by atoms with Crippen LogP contribution in [-0.2, 0) is 11.8 Å². The third-order valence-electron chi connectivity index (χ3n) is 4.52. The van der Waals surface area contributed by atoms with Crippen LogP contribution in [0.15, 0.2) is 41.4 Å². The van der Waals surface area contributed by atoms with E-state index in [1.54, 1.807) is 19.1 Å². The summed E-state index contributed by atoms with van der Waals surface area (Å²) in [4.78, 5) is 17.3. The lowest BCUT2D eigenvalue weighted by Gasteiger charge is -2.23. The maximum atomic E-state index is 14.0. The molecule has 4 heteroatoms. The summed E-state index contributed by atoms with van der Waals surface area (Å²) in [6.45, 7) is 1.75. The molecule has 2 aliphatic rings. The predicted octanol–water partition coefficient (Wildman–Crippen LogP) is 3.75. The number of hydrogen-bond donors (Lipinski definition) is 0. The van der Waals surface area contributed by atoms with Crippen LogP contribution in [0, 0.1) is 11.6 Å². The third kappa shape index (κ3) is 1.39. The summed E-state index contributed by atoms with van der Waals surface area (Å²) >= 11 is 0. The zero-order chi connectivity index (χ0) is 14.8. The van der Waals surface area contributed by atoms with Gasteiger partial charge in [-0.05, 0) is 37.6 Å². The summed E-state index contributed by atoms with van der Waals surface area (Å²) < 4.78 is 27.6. The Morgan fingerprint density at radius 3 is 2.76 bits per heavy atom. The molecule has 2 aromatic carbocycles. The minimum absolute atomic E-state index is 0.192. The first-order valence-electron chi connectivity index (χ1n) is 6.72. The van der Waals surface area contributed by atoms with Gasteiger partial charge in [0, 0.05) is 22.4 Å². The summed E-state index contributed by atoms with van der Waals surface area (Å²) in [5.74, 6) is -1.000. The molecule has 1 spiro atoms. The zero-order valence-corrected chi connectivity index (χ0v) is 11.3. The molecule has 1 aliphatic heterocycles. The lowest BCUT2D eigenvalue weighted by atomic mass is 9.74. The second-order valence-corrected chi connectivity index (χ2v) is 5.54. The van der Waals surface area contributed by atoms with Gasteiger partial charge >= 0.3 is 0 Å². The van der Waals surface area contributed by atoms with Crippen molar-refractivity contribution in [1.82, 2.24) is 0 Å². The number of benzene rings is 2. The van der Waals surface area contributed by atoms with Crippen LogP contribution < -0.4 is 0 Å². The van der Waals surface area contributed by atoms with Crippen molar-refractivity contribution in [2.45, 2.75) is 18.8 Å². The van der Waals surface area contributed by atoms with Gasteiger partial charge in [0.15, 0.2) is 5.78 Å². The van der Waals surface area contributed by atoms with E-state index < -0.39 is 17.0 Å². The maximum absolute atomic E-state index is 14.0. The van der Waals surface area contributed by atoms with Crippen LogP contribution in [0.4, 0.5) is 14.5 Å². The molecular formula is C17H11F2NO. The smallest absolute Gasteiger partial charge is 0.179 e. The largest absolute Gasteiger partial charge is 0.293 e. The molecule has 21 heavy (non-hydrogen) atoms. The first-order valence-corrected chi connectivity index (χ1v) is 6.72. The number of halogens is 2. The molecule has 1 atom stereocenters. The highest BCUT2D eigenvalue weighted by atomic mass is 19.1. The molecule has 0 fully saturated rings. The number of carbonyl (C=O) groups excluding carboxylic acids is 1. The van der Waals surface area contributed by atoms with Gasteiger partial charge in [-0.2, -0.15) is 0 Å². The van der Waals surface area contributed by atoms with Gasteiger partial charge in [0.2, 0.25) is 0 Å². The Bertz CT molecular complexity index is 841. The Kier molecular flexibility index (Phi) is 2.27. The third-order valence-corrected chi connectivity index (χ3v) is 4.52. The molecule has 0 bridgehead atoms. The van der Waals surface area contributed by atoms with Crippen molar-refractivity contribution in [3.05, 3.63) is 64.7 Å². The van der Waals surface area contributed by atoms with Gasteiger partial charge in [-0.1, -0.05) is 12.1 Å². The standard InChI is InChI=1S/C17H11F2NO/c1-9-17(13-7-10(18)5-6-15(13)20-9)8-12-11(16(17)21)3-2-4-14(12)19/h2-7H,8H2,1H3. The molecular weight excluding hydrogens is 272 g/mol. The van der Waals surface area contributed by atoms with Crippen molar-refractivity contribution < 1.29 is 13.6 Å². The van der Waals surface area contributed by atoms with Gasteiger partial charge in [-0.25, -0.2) is 8.78 Å². The second-order valence-electron chi connectivity index (χ2n) is 5.54. The van der Waals surface area contributed by atoms with E-state index in [-0.39, 0.29) is 12.2 Å². The molecule has 1 unspecified atom stereocenters. The molecule has 104 valence electrons. The van der Waals surface area contributed by atoms with E-state index >= 15 is 0 Å². The van der Waals surface area contributed by atoms with Crippen LogP contribution in [0.2, 0.25) is 0 Å². The number of Topliss-reactive ketones (excluding diaryl/α,β-unsaturated/α-hetero) is 1. The Balaban J connectivity index is 2.00. The van der Waals surface area contributed by atoms with E-state index in [1.807, 2.05) is 0 Å². The molecule has 1 aliphatic carbocycles. The first kappa shape index (κ1) is 12.4. The minimum atomic E-state index is -1.04. The van der Waals surface area contributed by atoms with Crippen LogP contribution in [0.1, 0.15) is 28.4 Å². The highest BCUT2D eigenvalue weighted by Crippen LogP contribution is 2.49.